The van der Waals surface area contributed by atoms with Crippen LogP contribution in [0.25, 0.3) is 22.5 Å². The molecule has 1 heterocycles. The fourth-order valence-corrected chi connectivity index (χ4v) is 2.32. The van der Waals surface area contributed by atoms with Crippen LogP contribution in [0.2, 0.25) is 0 Å². The molecule has 0 spiro atoms. The van der Waals surface area contributed by atoms with Gasteiger partial charge in [0.15, 0.2) is 0 Å². The minimum atomic E-state index is -4.51. The van der Waals surface area contributed by atoms with Crippen molar-refractivity contribution in [1.82, 2.24) is 9.97 Å². The number of hydrogen-bond acceptors (Lipinski definition) is 2. The van der Waals surface area contributed by atoms with Crippen LogP contribution in [0.5, 0.6) is 0 Å². The van der Waals surface area contributed by atoms with E-state index < -0.39 is 17.4 Å². The maximum absolute atomic E-state index is 13.2. The zero-order valence-electron chi connectivity index (χ0n) is 11.8. The van der Waals surface area contributed by atoms with E-state index in [0.717, 1.165) is 6.07 Å². The Morgan fingerprint density at radius 2 is 1.57 bits per heavy atom. The first-order valence-corrected chi connectivity index (χ1v) is 6.78. The molecule has 0 aliphatic carbocycles. The van der Waals surface area contributed by atoms with E-state index >= 15 is 0 Å². The van der Waals surface area contributed by atoms with Crippen LogP contribution in [0.15, 0.2) is 65.5 Å². The molecule has 0 atom stereocenters. The van der Waals surface area contributed by atoms with Crippen LogP contribution in [-0.4, -0.2) is 9.97 Å². The zero-order chi connectivity index (χ0) is 16.4. The summed E-state index contributed by atoms with van der Waals surface area (Å²) in [6, 6.07) is 15.4. The van der Waals surface area contributed by atoms with Gasteiger partial charge in [0.25, 0.3) is 0 Å². The molecule has 3 nitrogen and oxygen atoms in total. The maximum atomic E-state index is 13.2. The lowest BCUT2D eigenvalue weighted by Crippen LogP contribution is -2.14. The average Bonchev–Trinajstić information content (AvgIpc) is 2.54. The molecule has 0 amide bonds. The van der Waals surface area contributed by atoms with Crippen molar-refractivity contribution in [2.24, 2.45) is 0 Å². The van der Waals surface area contributed by atoms with E-state index in [4.69, 9.17) is 0 Å². The summed E-state index contributed by atoms with van der Waals surface area (Å²) in [4.78, 5) is 18.0. The molecular weight excluding hydrogens is 305 g/mol. The van der Waals surface area contributed by atoms with Gasteiger partial charge in [-0.3, -0.25) is 0 Å². The standard InChI is InChI=1S/C17H11F3N2O/c18-17(19,20)13-9-5-4-8-12(13)15-10-14(21-16(23)22-15)11-6-2-1-3-7-11/h1-10H,(H,21,22,23). The minimum Gasteiger partial charge on any atom is -0.305 e. The number of benzene rings is 2. The van der Waals surface area contributed by atoms with E-state index in [-0.39, 0.29) is 11.3 Å². The van der Waals surface area contributed by atoms with Crippen molar-refractivity contribution in [3.63, 3.8) is 0 Å². The number of aromatic amines is 1. The zero-order valence-corrected chi connectivity index (χ0v) is 11.8. The predicted octanol–water partition coefficient (Wildman–Crippen LogP) is 4.12. The van der Waals surface area contributed by atoms with Gasteiger partial charge in [0, 0.05) is 11.1 Å². The SMILES string of the molecule is O=c1nc(-c2ccccc2)cc(-c2ccccc2C(F)(F)F)[nH]1. The number of rotatable bonds is 2. The number of aromatic nitrogens is 2. The van der Waals surface area contributed by atoms with Crippen molar-refractivity contribution >= 4 is 0 Å². The number of nitrogens with one attached hydrogen (secondary N) is 1. The Morgan fingerprint density at radius 1 is 0.913 bits per heavy atom. The van der Waals surface area contributed by atoms with Crippen LogP contribution in [0.3, 0.4) is 0 Å². The Labute approximate surface area is 129 Å². The molecule has 0 saturated carbocycles. The summed E-state index contributed by atoms with van der Waals surface area (Å²) < 4.78 is 39.5. The van der Waals surface area contributed by atoms with Crippen molar-refractivity contribution in [1.29, 1.82) is 0 Å². The van der Waals surface area contributed by atoms with E-state index in [1.807, 2.05) is 0 Å². The first kappa shape index (κ1) is 15.0. The number of nitrogens with zero attached hydrogens (tertiary/aromatic N) is 1. The van der Waals surface area contributed by atoms with Gasteiger partial charge in [-0.25, -0.2) is 4.79 Å². The molecule has 3 rings (SSSR count). The Kier molecular flexibility index (Phi) is 3.73. The third-order valence-electron chi connectivity index (χ3n) is 3.34. The van der Waals surface area contributed by atoms with Gasteiger partial charge in [-0.1, -0.05) is 48.5 Å². The van der Waals surface area contributed by atoms with Gasteiger partial charge >= 0.3 is 11.9 Å². The van der Waals surface area contributed by atoms with E-state index in [1.54, 1.807) is 30.3 Å². The summed E-state index contributed by atoms with van der Waals surface area (Å²) in [5, 5.41) is 0. The van der Waals surface area contributed by atoms with Crippen LogP contribution in [-0.2, 0) is 6.18 Å². The highest BCUT2D eigenvalue weighted by Crippen LogP contribution is 2.36. The fraction of sp³-hybridized carbons (Fsp3) is 0.0588. The maximum Gasteiger partial charge on any atom is 0.417 e. The molecule has 0 aliphatic heterocycles. The Balaban J connectivity index is 2.20. The lowest BCUT2D eigenvalue weighted by atomic mass is 10.0. The Bertz CT molecular complexity index is 886. The molecule has 0 aliphatic rings. The summed E-state index contributed by atoms with van der Waals surface area (Å²) in [7, 11) is 0. The quantitative estimate of drug-likeness (QED) is 0.773. The van der Waals surface area contributed by atoms with Crippen LogP contribution < -0.4 is 5.69 Å². The molecule has 1 aromatic heterocycles. The van der Waals surface area contributed by atoms with Crippen molar-refractivity contribution in [3.05, 3.63) is 76.7 Å². The molecule has 23 heavy (non-hydrogen) atoms. The predicted molar refractivity (Wildman–Crippen MR) is 80.7 cm³/mol. The van der Waals surface area contributed by atoms with Gasteiger partial charge < -0.3 is 4.98 Å². The van der Waals surface area contributed by atoms with Crippen molar-refractivity contribution in [2.45, 2.75) is 6.18 Å². The highest BCUT2D eigenvalue weighted by molar-refractivity contribution is 5.70. The second-order valence-electron chi connectivity index (χ2n) is 4.89. The van der Waals surface area contributed by atoms with Crippen molar-refractivity contribution < 1.29 is 13.2 Å². The number of H-pyrrole nitrogens is 1. The molecule has 6 heteroatoms. The van der Waals surface area contributed by atoms with Gasteiger partial charge in [0.1, 0.15) is 0 Å². The molecular formula is C17H11F3N2O. The summed E-state index contributed by atoms with van der Waals surface area (Å²) >= 11 is 0. The average molecular weight is 316 g/mol. The molecule has 116 valence electrons. The lowest BCUT2D eigenvalue weighted by molar-refractivity contribution is -0.137. The van der Waals surface area contributed by atoms with Crippen molar-refractivity contribution in [3.8, 4) is 22.5 Å². The molecule has 0 radical (unpaired) electrons. The second-order valence-corrected chi connectivity index (χ2v) is 4.89. The molecule has 0 bridgehead atoms. The van der Waals surface area contributed by atoms with Gasteiger partial charge in [0.05, 0.1) is 17.0 Å². The first-order chi connectivity index (χ1) is 10.9. The Morgan fingerprint density at radius 3 is 2.26 bits per heavy atom. The summed E-state index contributed by atoms with van der Waals surface area (Å²) in [5.41, 5.74) is -0.529. The molecule has 0 unspecified atom stereocenters. The minimum absolute atomic E-state index is 0.0804. The third-order valence-corrected chi connectivity index (χ3v) is 3.34. The molecule has 0 saturated heterocycles. The summed E-state index contributed by atoms with van der Waals surface area (Å²) in [5.74, 6) is 0. The monoisotopic (exact) mass is 316 g/mol. The number of alkyl halides is 3. The Hall–Kier alpha value is -2.89. The number of hydrogen-bond donors (Lipinski definition) is 1. The first-order valence-electron chi connectivity index (χ1n) is 6.78. The van der Waals surface area contributed by atoms with Gasteiger partial charge in [-0.2, -0.15) is 18.2 Å². The highest BCUT2D eigenvalue weighted by atomic mass is 19.4. The van der Waals surface area contributed by atoms with Crippen molar-refractivity contribution in [2.75, 3.05) is 0 Å². The van der Waals surface area contributed by atoms with E-state index in [0.29, 0.717) is 11.3 Å². The third kappa shape index (κ3) is 3.15. The summed E-state index contributed by atoms with van der Waals surface area (Å²) in [6.07, 6.45) is -4.51. The normalized spacial score (nSPS) is 11.4. The second kappa shape index (κ2) is 5.72. The lowest BCUT2D eigenvalue weighted by Gasteiger charge is -2.13. The smallest absolute Gasteiger partial charge is 0.305 e. The van der Waals surface area contributed by atoms with E-state index in [9.17, 15) is 18.0 Å². The topological polar surface area (TPSA) is 45.8 Å². The van der Waals surface area contributed by atoms with Crippen LogP contribution in [0.4, 0.5) is 13.2 Å². The van der Waals surface area contributed by atoms with E-state index in [2.05, 4.69) is 9.97 Å². The van der Waals surface area contributed by atoms with Crippen LogP contribution >= 0.6 is 0 Å². The van der Waals surface area contributed by atoms with Crippen LogP contribution in [0.1, 0.15) is 5.56 Å². The number of halogens is 3. The van der Waals surface area contributed by atoms with Gasteiger partial charge in [-0.15, -0.1) is 0 Å². The fourth-order valence-electron chi connectivity index (χ4n) is 2.32. The molecule has 1 N–H and O–H groups in total. The molecule has 0 fully saturated rings. The van der Waals surface area contributed by atoms with Gasteiger partial charge in [0.2, 0.25) is 0 Å². The highest BCUT2D eigenvalue weighted by Gasteiger charge is 2.33. The molecule has 3 aromatic rings. The van der Waals surface area contributed by atoms with Crippen LogP contribution in [0, 0.1) is 0 Å². The van der Waals surface area contributed by atoms with Gasteiger partial charge in [-0.05, 0) is 12.1 Å². The molecule has 2 aromatic carbocycles. The summed E-state index contributed by atoms with van der Waals surface area (Å²) in [6.45, 7) is 0. The van der Waals surface area contributed by atoms with E-state index in [1.165, 1.54) is 24.3 Å². The largest absolute Gasteiger partial charge is 0.417 e.